The lowest BCUT2D eigenvalue weighted by molar-refractivity contribution is -0.148. The fourth-order valence-electron chi connectivity index (χ4n) is 0.458. The van der Waals surface area contributed by atoms with E-state index in [0.29, 0.717) is 6.26 Å². The summed E-state index contributed by atoms with van der Waals surface area (Å²) in [6.07, 6.45) is -4.45. The summed E-state index contributed by atoms with van der Waals surface area (Å²) in [7, 11) is 1.87. The average Bonchev–Trinajstić information content (AvgIpc) is 1.96. The number of alkyl halides is 3. The van der Waals surface area contributed by atoms with Gasteiger partial charge in [-0.25, -0.2) is 4.79 Å². The maximum Gasteiger partial charge on any atom is 0.426 e. The molecule has 0 radical (unpaired) electrons. The number of rotatable bonds is 2. The van der Waals surface area contributed by atoms with Gasteiger partial charge in [0, 0.05) is 0 Å². The van der Waals surface area contributed by atoms with Crippen molar-refractivity contribution < 1.29 is 27.4 Å². The van der Waals surface area contributed by atoms with Gasteiger partial charge in [0.25, 0.3) is 0 Å². The minimum atomic E-state index is -4.75. The van der Waals surface area contributed by atoms with Gasteiger partial charge >= 0.3 is 12.1 Å². The van der Waals surface area contributed by atoms with Crippen LogP contribution in [0.15, 0.2) is 11.8 Å². The molecule has 0 aromatic heterocycles. The van der Waals surface area contributed by atoms with Gasteiger partial charge in [-0.2, -0.15) is 13.2 Å². The second kappa shape index (κ2) is 3.99. The normalized spacial score (nSPS) is 12.6. The van der Waals surface area contributed by atoms with E-state index in [0.717, 1.165) is 14.2 Å². The van der Waals surface area contributed by atoms with Gasteiger partial charge in [0.1, 0.15) is 6.26 Å². The number of carbonyl (C=O) groups is 1. The molecule has 0 fully saturated rings. The zero-order valence-electron chi connectivity index (χ0n) is 6.44. The lowest BCUT2D eigenvalue weighted by Gasteiger charge is -2.07. The Hall–Kier alpha value is -1.20. The van der Waals surface area contributed by atoms with Gasteiger partial charge in [0.15, 0.2) is 5.57 Å². The third-order valence-corrected chi connectivity index (χ3v) is 0.946. The Labute approximate surface area is 66.8 Å². The molecule has 0 amide bonds. The molecule has 0 rings (SSSR count). The lowest BCUT2D eigenvalue weighted by atomic mass is 10.3. The van der Waals surface area contributed by atoms with Crippen molar-refractivity contribution in [3.05, 3.63) is 11.8 Å². The SMILES string of the molecule is CO/C=C(\C(=O)OC)C(F)(F)F. The molecule has 0 spiro atoms. The number of ether oxygens (including phenoxy) is 2. The van der Waals surface area contributed by atoms with Crippen molar-refractivity contribution >= 4 is 5.97 Å². The summed E-state index contributed by atoms with van der Waals surface area (Å²) in [5.41, 5.74) is -1.47. The first-order valence-electron chi connectivity index (χ1n) is 2.82. The molecular weight excluding hydrogens is 177 g/mol. The predicted octanol–water partition coefficient (Wildman–Crippen LogP) is 1.25. The zero-order valence-corrected chi connectivity index (χ0v) is 6.44. The Bertz CT molecular complexity index is 195. The molecule has 0 N–H and O–H groups in total. The minimum absolute atomic E-state index is 0.297. The van der Waals surface area contributed by atoms with Gasteiger partial charge in [0.05, 0.1) is 14.2 Å². The molecule has 0 saturated carbocycles. The first-order valence-corrected chi connectivity index (χ1v) is 2.82. The standard InChI is InChI=1S/C6H7F3O3/c1-11-3-4(5(10)12-2)6(7,8)9/h3H,1-2H3/b4-3+. The highest BCUT2D eigenvalue weighted by molar-refractivity contribution is 5.89. The highest BCUT2D eigenvalue weighted by atomic mass is 19.4. The quantitative estimate of drug-likeness (QED) is 0.368. The Morgan fingerprint density at radius 2 is 1.83 bits per heavy atom. The van der Waals surface area contributed by atoms with Crippen LogP contribution in [0.25, 0.3) is 0 Å². The largest absolute Gasteiger partial charge is 0.503 e. The van der Waals surface area contributed by atoms with Crippen LogP contribution in [0.1, 0.15) is 0 Å². The van der Waals surface area contributed by atoms with Crippen LogP contribution in [0.4, 0.5) is 13.2 Å². The Kier molecular flexibility index (Phi) is 3.59. The molecule has 0 heterocycles. The van der Waals surface area contributed by atoms with Crippen molar-refractivity contribution in [1.29, 1.82) is 0 Å². The van der Waals surface area contributed by atoms with Crippen molar-refractivity contribution in [2.45, 2.75) is 6.18 Å². The second-order valence-electron chi connectivity index (χ2n) is 1.76. The molecule has 0 aliphatic rings. The molecule has 3 nitrogen and oxygen atoms in total. The van der Waals surface area contributed by atoms with Crippen LogP contribution in [0.5, 0.6) is 0 Å². The van der Waals surface area contributed by atoms with Crippen molar-refractivity contribution in [3.63, 3.8) is 0 Å². The summed E-state index contributed by atoms with van der Waals surface area (Å²) in [6.45, 7) is 0. The van der Waals surface area contributed by atoms with Crippen molar-refractivity contribution in [2.24, 2.45) is 0 Å². The molecule has 0 saturated heterocycles. The van der Waals surface area contributed by atoms with Crippen LogP contribution in [-0.4, -0.2) is 26.4 Å². The summed E-state index contributed by atoms with van der Waals surface area (Å²) in [5, 5.41) is 0. The van der Waals surface area contributed by atoms with Gasteiger partial charge < -0.3 is 9.47 Å². The molecule has 0 aliphatic heterocycles. The summed E-state index contributed by atoms with van der Waals surface area (Å²) in [6, 6.07) is 0. The molecule has 0 aromatic rings. The number of hydrogen-bond donors (Lipinski definition) is 0. The van der Waals surface area contributed by atoms with Crippen molar-refractivity contribution in [1.82, 2.24) is 0 Å². The van der Waals surface area contributed by atoms with Gasteiger partial charge in [0.2, 0.25) is 0 Å². The third-order valence-electron chi connectivity index (χ3n) is 0.946. The highest BCUT2D eigenvalue weighted by Crippen LogP contribution is 2.26. The number of methoxy groups -OCH3 is 2. The van der Waals surface area contributed by atoms with Crippen molar-refractivity contribution in [2.75, 3.05) is 14.2 Å². The summed E-state index contributed by atoms with van der Waals surface area (Å²) < 4.78 is 43.6. The maximum atomic E-state index is 11.9. The van der Waals surface area contributed by atoms with E-state index < -0.39 is 17.7 Å². The van der Waals surface area contributed by atoms with E-state index in [9.17, 15) is 18.0 Å². The monoisotopic (exact) mass is 184 g/mol. The summed E-state index contributed by atoms with van der Waals surface area (Å²) >= 11 is 0. The highest BCUT2D eigenvalue weighted by Gasteiger charge is 2.40. The molecule has 0 unspecified atom stereocenters. The van der Waals surface area contributed by atoms with Gasteiger partial charge in [-0.3, -0.25) is 0 Å². The number of hydrogen-bond acceptors (Lipinski definition) is 3. The molecular formula is C6H7F3O3. The topological polar surface area (TPSA) is 35.5 Å². The van der Waals surface area contributed by atoms with Gasteiger partial charge in [-0.1, -0.05) is 0 Å². The van der Waals surface area contributed by atoms with E-state index in [-0.39, 0.29) is 0 Å². The van der Waals surface area contributed by atoms with Gasteiger partial charge in [-0.05, 0) is 0 Å². The second-order valence-corrected chi connectivity index (χ2v) is 1.76. The van der Waals surface area contributed by atoms with E-state index in [1.165, 1.54) is 0 Å². The first kappa shape index (κ1) is 10.8. The summed E-state index contributed by atoms with van der Waals surface area (Å²) in [5.74, 6) is -1.47. The molecule has 0 atom stereocenters. The number of carbonyl (C=O) groups excluding carboxylic acids is 1. The Balaban J connectivity index is 4.69. The smallest absolute Gasteiger partial charge is 0.426 e. The molecule has 6 heteroatoms. The number of esters is 1. The van der Waals surface area contributed by atoms with Crippen LogP contribution >= 0.6 is 0 Å². The molecule has 70 valence electrons. The number of halogens is 3. The fourth-order valence-corrected chi connectivity index (χ4v) is 0.458. The molecule has 0 aromatic carbocycles. The maximum absolute atomic E-state index is 11.9. The average molecular weight is 184 g/mol. The van der Waals surface area contributed by atoms with Crippen LogP contribution in [0, 0.1) is 0 Å². The van der Waals surface area contributed by atoms with E-state index >= 15 is 0 Å². The minimum Gasteiger partial charge on any atom is -0.503 e. The Morgan fingerprint density at radius 3 is 2.08 bits per heavy atom. The van der Waals surface area contributed by atoms with E-state index in [1.54, 1.807) is 0 Å². The van der Waals surface area contributed by atoms with E-state index in [1.807, 2.05) is 0 Å². The van der Waals surface area contributed by atoms with E-state index in [4.69, 9.17) is 0 Å². The predicted molar refractivity (Wildman–Crippen MR) is 33.2 cm³/mol. The van der Waals surface area contributed by atoms with Crippen LogP contribution < -0.4 is 0 Å². The third kappa shape index (κ3) is 2.81. The van der Waals surface area contributed by atoms with Crippen LogP contribution in [0.3, 0.4) is 0 Å². The van der Waals surface area contributed by atoms with Crippen LogP contribution in [-0.2, 0) is 14.3 Å². The van der Waals surface area contributed by atoms with E-state index in [2.05, 4.69) is 9.47 Å². The summed E-state index contributed by atoms with van der Waals surface area (Å²) in [4.78, 5) is 10.5. The molecule has 0 aliphatic carbocycles. The first-order chi connectivity index (χ1) is 5.43. The van der Waals surface area contributed by atoms with Crippen LogP contribution in [0.2, 0.25) is 0 Å². The molecule has 0 bridgehead atoms. The molecule has 12 heavy (non-hydrogen) atoms. The van der Waals surface area contributed by atoms with Gasteiger partial charge in [-0.15, -0.1) is 0 Å². The zero-order chi connectivity index (χ0) is 9.78. The lowest BCUT2D eigenvalue weighted by Crippen LogP contribution is -2.21. The van der Waals surface area contributed by atoms with Crippen molar-refractivity contribution in [3.8, 4) is 0 Å². The Morgan fingerprint density at radius 1 is 1.33 bits per heavy atom. The fraction of sp³-hybridized carbons (Fsp3) is 0.500.